The lowest BCUT2D eigenvalue weighted by Gasteiger charge is -2.24. The number of hydrogen-bond acceptors (Lipinski definition) is 3. The molecular formula is C10H18N2O2. The van der Waals surface area contributed by atoms with Crippen molar-refractivity contribution in [3.63, 3.8) is 0 Å². The van der Waals surface area contributed by atoms with E-state index in [2.05, 4.69) is 5.32 Å². The number of likely N-dealkylation sites (N-methyl/N-ethyl adjacent to an activating group) is 1. The number of amides is 1. The zero-order chi connectivity index (χ0) is 10.6. The number of ether oxygens (including phenoxy) is 1. The van der Waals surface area contributed by atoms with Gasteiger partial charge in [-0.2, -0.15) is 0 Å². The zero-order valence-corrected chi connectivity index (χ0v) is 9.09. The molecule has 80 valence electrons. The Labute approximate surface area is 84.9 Å². The molecule has 0 bridgehead atoms. The van der Waals surface area contributed by atoms with E-state index in [9.17, 15) is 4.79 Å². The molecule has 0 aliphatic carbocycles. The van der Waals surface area contributed by atoms with E-state index in [1.165, 1.54) is 5.57 Å². The molecule has 0 radical (unpaired) electrons. The largest absolute Gasteiger partial charge is 0.383 e. The summed E-state index contributed by atoms with van der Waals surface area (Å²) in [6, 6.07) is 0. The maximum absolute atomic E-state index is 11.8. The van der Waals surface area contributed by atoms with Crippen LogP contribution in [0.2, 0.25) is 0 Å². The molecule has 1 aliphatic heterocycles. The molecule has 0 saturated carbocycles. The van der Waals surface area contributed by atoms with Gasteiger partial charge >= 0.3 is 0 Å². The Morgan fingerprint density at radius 3 is 2.64 bits per heavy atom. The molecular weight excluding hydrogens is 180 g/mol. The van der Waals surface area contributed by atoms with Crippen LogP contribution < -0.4 is 5.32 Å². The van der Waals surface area contributed by atoms with E-state index in [0.717, 1.165) is 18.7 Å². The second-order valence-electron chi connectivity index (χ2n) is 3.55. The van der Waals surface area contributed by atoms with Gasteiger partial charge in [-0.1, -0.05) is 0 Å². The third-order valence-electron chi connectivity index (χ3n) is 2.51. The molecule has 0 aromatic rings. The van der Waals surface area contributed by atoms with Crippen molar-refractivity contribution in [1.29, 1.82) is 0 Å². The van der Waals surface area contributed by atoms with Crippen LogP contribution in [0.5, 0.6) is 0 Å². The van der Waals surface area contributed by atoms with E-state index in [-0.39, 0.29) is 5.91 Å². The number of carbonyl (C=O) groups is 1. The molecule has 1 N–H and O–H groups in total. The van der Waals surface area contributed by atoms with Crippen molar-refractivity contribution in [3.05, 3.63) is 11.1 Å². The monoisotopic (exact) mass is 198 g/mol. The summed E-state index contributed by atoms with van der Waals surface area (Å²) >= 11 is 0. The molecule has 0 aromatic carbocycles. The number of nitrogens with zero attached hydrogens (tertiary/aromatic N) is 1. The molecule has 0 aromatic heterocycles. The fourth-order valence-corrected chi connectivity index (χ4v) is 1.28. The van der Waals surface area contributed by atoms with Gasteiger partial charge in [-0.3, -0.25) is 4.79 Å². The van der Waals surface area contributed by atoms with Gasteiger partial charge in [0.1, 0.15) is 0 Å². The molecule has 0 spiro atoms. The lowest BCUT2D eigenvalue weighted by atomic mass is 10.0. The third-order valence-corrected chi connectivity index (χ3v) is 2.51. The molecule has 14 heavy (non-hydrogen) atoms. The second-order valence-corrected chi connectivity index (χ2v) is 3.55. The lowest BCUT2D eigenvalue weighted by molar-refractivity contribution is -0.126. The van der Waals surface area contributed by atoms with Gasteiger partial charge in [-0.15, -0.1) is 0 Å². The average molecular weight is 198 g/mol. The molecule has 1 aliphatic rings. The second kappa shape index (κ2) is 5.12. The van der Waals surface area contributed by atoms with Gasteiger partial charge < -0.3 is 15.0 Å². The third kappa shape index (κ3) is 2.56. The first-order chi connectivity index (χ1) is 6.66. The Morgan fingerprint density at radius 2 is 2.21 bits per heavy atom. The Bertz CT molecular complexity index is 243. The smallest absolute Gasteiger partial charge is 0.249 e. The average Bonchev–Trinajstić information content (AvgIpc) is 2.10. The molecule has 0 unspecified atom stereocenters. The SMILES string of the molecule is COCCN(C)C(=O)C(C)=C1CNC1. The molecule has 1 saturated heterocycles. The van der Waals surface area contributed by atoms with Crippen LogP contribution >= 0.6 is 0 Å². The first kappa shape index (κ1) is 11.2. The Morgan fingerprint density at radius 1 is 1.57 bits per heavy atom. The first-order valence-corrected chi connectivity index (χ1v) is 4.80. The molecule has 4 nitrogen and oxygen atoms in total. The lowest BCUT2D eigenvalue weighted by Crippen LogP contribution is -2.38. The number of hydrogen-bond donors (Lipinski definition) is 1. The summed E-state index contributed by atoms with van der Waals surface area (Å²) in [5.41, 5.74) is 2.10. The highest BCUT2D eigenvalue weighted by Gasteiger charge is 2.18. The van der Waals surface area contributed by atoms with Gasteiger partial charge in [0.25, 0.3) is 0 Å². The van der Waals surface area contributed by atoms with Crippen LogP contribution in [0.1, 0.15) is 6.92 Å². The van der Waals surface area contributed by atoms with Crippen molar-refractivity contribution in [2.24, 2.45) is 0 Å². The van der Waals surface area contributed by atoms with E-state index in [0.29, 0.717) is 13.2 Å². The first-order valence-electron chi connectivity index (χ1n) is 4.80. The predicted molar refractivity (Wildman–Crippen MR) is 55.1 cm³/mol. The Balaban J connectivity index is 2.47. The van der Waals surface area contributed by atoms with E-state index in [1.54, 1.807) is 19.1 Å². The minimum Gasteiger partial charge on any atom is -0.383 e. The Hall–Kier alpha value is -0.870. The van der Waals surface area contributed by atoms with Crippen molar-refractivity contribution in [1.82, 2.24) is 10.2 Å². The van der Waals surface area contributed by atoms with Crippen molar-refractivity contribution in [2.75, 3.05) is 40.4 Å². The maximum atomic E-state index is 11.8. The van der Waals surface area contributed by atoms with Crippen LogP contribution in [0.4, 0.5) is 0 Å². The standard InChI is InChI=1S/C10H18N2O2/c1-8(9-6-11-7-9)10(13)12(2)4-5-14-3/h11H,4-7H2,1-3H3. The van der Waals surface area contributed by atoms with Gasteiger partial charge in [0, 0.05) is 39.4 Å². The highest BCUT2D eigenvalue weighted by atomic mass is 16.5. The van der Waals surface area contributed by atoms with E-state index in [4.69, 9.17) is 4.74 Å². The summed E-state index contributed by atoms with van der Waals surface area (Å²) in [4.78, 5) is 13.5. The molecule has 1 fully saturated rings. The summed E-state index contributed by atoms with van der Waals surface area (Å²) in [5.74, 6) is 0.110. The highest BCUT2D eigenvalue weighted by Crippen LogP contribution is 2.10. The van der Waals surface area contributed by atoms with Crippen molar-refractivity contribution < 1.29 is 9.53 Å². The summed E-state index contributed by atoms with van der Waals surface area (Å²) in [5, 5.41) is 3.13. The summed E-state index contributed by atoms with van der Waals surface area (Å²) in [7, 11) is 3.44. The molecule has 1 rings (SSSR count). The molecule has 0 atom stereocenters. The van der Waals surface area contributed by atoms with Crippen molar-refractivity contribution in [2.45, 2.75) is 6.92 Å². The van der Waals surface area contributed by atoms with Crippen LogP contribution in [-0.4, -0.2) is 51.2 Å². The van der Waals surface area contributed by atoms with Gasteiger partial charge in [-0.25, -0.2) is 0 Å². The van der Waals surface area contributed by atoms with E-state index >= 15 is 0 Å². The van der Waals surface area contributed by atoms with E-state index in [1.807, 2.05) is 6.92 Å². The minimum absolute atomic E-state index is 0.110. The summed E-state index contributed by atoms with van der Waals surface area (Å²) < 4.78 is 4.92. The van der Waals surface area contributed by atoms with Crippen LogP contribution in [0.25, 0.3) is 0 Å². The highest BCUT2D eigenvalue weighted by molar-refractivity contribution is 5.93. The quantitative estimate of drug-likeness (QED) is 0.647. The summed E-state index contributed by atoms with van der Waals surface area (Å²) in [6.45, 7) is 4.84. The topological polar surface area (TPSA) is 41.6 Å². The van der Waals surface area contributed by atoms with Crippen LogP contribution in [0.15, 0.2) is 11.1 Å². The predicted octanol–water partition coefficient (Wildman–Crippen LogP) is 0.0109. The zero-order valence-electron chi connectivity index (χ0n) is 9.09. The molecule has 4 heteroatoms. The van der Waals surface area contributed by atoms with Crippen molar-refractivity contribution in [3.8, 4) is 0 Å². The van der Waals surface area contributed by atoms with E-state index < -0.39 is 0 Å². The number of carbonyl (C=O) groups excluding carboxylic acids is 1. The van der Waals surface area contributed by atoms with Gasteiger partial charge in [0.2, 0.25) is 5.91 Å². The van der Waals surface area contributed by atoms with Crippen LogP contribution in [0.3, 0.4) is 0 Å². The normalized spacial score (nSPS) is 14.9. The number of methoxy groups -OCH3 is 1. The van der Waals surface area contributed by atoms with Crippen molar-refractivity contribution >= 4 is 5.91 Å². The maximum Gasteiger partial charge on any atom is 0.249 e. The van der Waals surface area contributed by atoms with Gasteiger partial charge in [-0.05, 0) is 12.5 Å². The molecule has 1 heterocycles. The van der Waals surface area contributed by atoms with Crippen LogP contribution in [-0.2, 0) is 9.53 Å². The number of nitrogens with one attached hydrogen (secondary N) is 1. The minimum atomic E-state index is 0.110. The molecule has 1 amide bonds. The fraction of sp³-hybridized carbons (Fsp3) is 0.700. The van der Waals surface area contributed by atoms with Crippen LogP contribution in [0, 0.1) is 0 Å². The fourth-order valence-electron chi connectivity index (χ4n) is 1.28. The van der Waals surface area contributed by atoms with Gasteiger partial charge in [0.05, 0.1) is 6.61 Å². The number of rotatable bonds is 4. The summed E-state index contributed by atoms with van der Waals surface area (Å²) in [6.07, 6.45) is 0. The Kier molecular flexibility index (Phi) is 4.10. The van der Waals surface area contributed by atoms with Gasteiger partial charge in [0.15, 0.2) is 0 Å².